The van der Waals surface area contributed by atoms with Crippen LogP contribution in [-0.4, -0.2) is 6.61 Å². The molecular formula is C18H25NO. The van der Waals surface area contributed by atoms with Gasteiger partial charge in [0.05, 0.1) is 6.61 Å². The first kappa shape index (κ1) is 12.7. The molecule has 0 heterocycles. The van der Waals surface area contributed by atoms with E-state index in [1.807, 2.05) is 0 Å². The van der Waals surface area contributed by atoms with Crippen molar-refractivity contribution in [1.82, 2.24) is 0 Å². The summed E-state index contributed by atoms with van der Waals surface area (Å²) in [5, 5.41) is 0. The fourth-order valence-corrected chi connectivity index (χ4v) is 4.69. The highest BCUT2D eigenvalue weighted by Gasteiger charge is 2.39. The van der Waals surface area contributed by atoms with E-state index < -0.39 is 0 Å². The molecule has 2 heteroatoms. The van der Waals surface area contributed by atoms with Gasteiger partial charge < -0.3 is 10.5 Å². The second-order valence-electron chi connectivity index (χ2n) is 7.11. The fraction of sp³-hybridized carbons (Fsp3) is 0.667. The Bertz CT molecular complexity index is 498. The monoisotopic (exact) mass is 271 g/mol. The zero-order valence-corrected chi connectivity index (χ0v) is 12.2. The van der Waals surface area contributed by atoms with Crippen LogP contribution < -0.4 is 10.5 Å². The first-order chi connectivity index (χ1) is 9.79. The SMILES string of the molecule is N[C@@H]1CCCc2ccc(OCC3CC4CCC3C4)cc21. The number of nitrogens with two attached hydrogens (primary N) is 1. The van der Waals surface area contributed by atoms with E-state index in [1.54, 1.807) is 0 Å². The molecule has 2 bridgehead atoms. The normalized spacial score (nSPS) is 35.0. The summed E-state index contributed by atoms with van der Waals surface area (Å²) in [5.41, 5.74) is 8.98. The number of hydrogen-bond donors (Lipinski definition) is 1. The van der Waals surface area contributed by atoms with Gasteiger partial charge in [-0.25, -0.2) is 0 Å². The van der Waals surface area contributed by atoms with Gasteiger partial charge in [0.2, 0.25) is 0 Å². The summed E-state index contributed by atoms with van der Waals surface area (Å²) in [6.07, 6.45) is 9.28. The first-order valence-electron chi connectivity index (χ1n) is 8.31. The van der Waals surface area contributed by atoms with E-state index in [1.165, 1.54) is 49.7 Å². The predicted octanol–water partition coefficient (Wildman–Crippen LogP) is 3.84. The molecule has 1 aromatic carbocycles. The van der Waals surface area contributed by atoms with Crippen LogP contribution in [0.3, 0.4) is 0 Å². The maximum absolute atomic E-state index is 6.23. The number of aryl methyl sites for hydroxylation is 1. The zero-order valence-electron chi connectivity index (χ0n) is 12.2. The van der Waals surface area contributed by atoms with Crippen LogP contribution in [0.15, 0.2) is 18.2 Å². The Morgan fingerprint density at radius 1 is 1.15 bits per heavy atom. The molecule has 0 radical (unpaired) electrons. The molecule has 0 saturated heterocycles. The minimum absolute atomic E-state index is 0.213. The number of rotatable bonds is 3. The van der Waals surface area contributed by atoms with E-state index in [0.717, 1.165) is 36.5 Å². The van der Waals surface area contributed by atoms with Crippen LogP contribution in [0, 0.1) is 17.8 Å². The number of hydrogen-bond acceptors (Lipinski definition) is 2. The summed E-state index contributed by atoms with van der Waals surface area (Å²) in [5.74, 6) is 3.78. The van der Waals surface area contributed by atoms with Crippen LogP contribution in [-0.2, 0) is 6.42 Å². The molecule has 3 aliphatic carbocycles. The van der Waals surface area contributed by atoms with Crippen LogP contribution in [0.2, 0.25) is 0 Å². The van der Waals surface area contributed by atoms with Crippen molar-refractivity contribution in [1.29, 1.82) is 0 Å². The summed E-state index contributed by atoms with van der Waals surface area (Å²) in [6.45, 7) is 0.912. The number of benzene rings is 1. The standard InChI is InChI=1S/C18H25NO/c19-18-3-1-2-13-6-7-16(10-17(13)18)20-11-15-9-12-4-5-14(15)8-12/h6-7,10,12,14-15,18H,1-5,8-9,11,19H2/t12?,14?,15?,18-/m1/s1. The second kappa shape index (κ2) is 5.07. The molecular weight excluding hydrogens is 246 g/mol. The third kappa shape index (κ3) is 2.24. The van der Waals surface area contributed by atoms with Crippen LogP contribution in [0.5, 0.6) is 5.75 Å². The minimum Gasteiger partial charge on any atom is -0.493 e. The highest BCUT2D eigenvalue weighted by Crippen LogP contribution is 2.48. The van der Waals surface area contributed by atoms with Crippen molar-refractivity contribution in [2.45, 2.75) is 51.0 Å². The average Bonchev–Trinajstić information content (AvgIpc) is 3.08. The van der Waals surface area contributed by atoms with Gasteiger partial charge in [-0.15, -0.1) is 0 Å². The summed E-state index contributed by atoms with van der Waals surface area (Å²) in [6, 6.07) is 6.78. The van der Waals surface area contributed by atoms with Gasteiger partial charge in [-0.1, -0.05) is 12.5 Å². The third-order valence-corrected chi connectivity index (χ3v) is 5.83. The molecule has 3 unspecified atom stereocenters. The molecule has 2 N–H and O–H groups in total. The Kier molecular flexibility index (Phi) is 3.22. The Labute approximate surface area is 121 Å². The quantitative estimate of drug-likeness (QED) is 0.906. The van der Waals surface area contributed by atoms with Gasteiger partial charge in [-0.3, -0.25) is 0 Å². The van der Waals surface area contributed by atoms with Crippen molar-refractivity contribution < 1.29 is 4.74 Å². The first-order valence-corrected chi connectivity index (χ1v) is 8.31. The van der Waals surface area contributed by atoms with E-state index in [0.29, 0.717) is 0 Å². The van der Waals surface area contributed by atoms with Gasteiger partial charge in [0, 0.05) is 6.04 Å². The predicted molar refractivity (Wildman–Crippen MR) is 80.7 cm³/mol. The summed E-state index contributed by atoms with van der Waals surface area (Å²) in [7, 11) is 0. The minimum atomic E-state index is 0.213. The van der Waals surface area contributed by atoms with Crippen molar-refractivity contribution in [2.75, 3.05) is 6.61 Å². The molecule has 1 aromatic rings. The van der Waals surface area contributed by atoms with Gasteiger partial charge >= 0.3 is 0 Å². The molecule has 2 fully saturated rings. The highest BCUT2D eigenvalue weighted by atomic mass is 16.5. The van der Waals surface area contributed by atoms with Crippen LogP contribution >= 0.6 is 0 Å². The molecule has 108 valence electrons. The van der Waals surface area contributed by atoms with Gasteiger partial charge in [0.1, 0.15) is 5.75 Å². The van der Waals surface area contributed by atoms with Crippen molar-refractivity contribution in [3.63, 3.8) is 0 Å². The number of fused-ring (bicyclic) bond motifs is 3. The summed E-state index contributed by atoms with van der Waals surface area (Å²) < 4.78 is 6.10. The molecule has 3 aliphatic rings. The average molecular weight is 271 g/mol. The van der Waals surface area contributed by atoms with Gasteiger partial charge in [-0.2, -0.15) is 0 Å². The Morgan fingerprint density at radius 2 is 2.10 bits per heavy atom. The van der Waals surface area contributed by atoms with E-state index in [2.05, 4.69) is 18.2 Å². The molecule has 20 heavy (non-hydrogen) atoms. The largest absolute Gasteiger partial charge is 0.493 e. The van der Waals surface area contributed by atoms with Crippen LogP contribution in [0.25, 0.3) is 0 Å². The van der Waals surface area contributed by atoms with Gasteiger partial charge in [-0.05, 0) is 79.5 Å². The van der Waals surface area contributed by atoms with E-state index in [-0.39, 0.29) is 6.04 Å². The van der Waals surface area contributed by atoms with Crippen molar-refractivity contribution in [3.8, 4) is 5.75 Å². The lowest BCUT2D eigenvalue weighted by Gasteiger charge is -2.24. The van der Waals surface area contributed by atoms with E-state index >= 15 is 0 Å². The maximum Gasteiger partial charge on any atom is 0.119 e. The van der Waals surface area contributed by atoms with Crippen molar-refractivity contribution in [2.24, 2.45) is 23.5 Å². The lowest BCUT2D eigenvalue weighted by Crippen LogP contribution is -2.20. The molecule has 4 atom stereocenters. The maximum atomic E-state index is 6.23. The summed E-state index contributed by atoms with van der Waals surface area (Å²) in [4.78, 5) is 0. The second-order valence-corrected chi connectivity index (χ2v) is 7.11. The van der Waals surface area contributed by atoms with E-state index in [4.69, 9.17) is 10.5 Å². The smallest absolute Gasteiger partial charge is 0.119 e. The van der Waals surface area contributed by atoms with Gasteiger partial charge in [0.15, 0.2) is 0 Å². The Hall–Kier alpha value is -1.02. The Balaban J connectivity index is 1.43. The molecule has 0 aromatic heterocycles. The molecule has 0 spiro atoms. The lowest BCUT2D eigenvalue weighted by molar-refractivity contribution is 0.195. The van der Waals surface area contributed by atoms with Crippen molar-refractivity contribution >= 4 is 0 Å². The highest BCUT2D eigenvalue weighted by molar-refractivity contribution is 5.39. The van der Waals surface area contributed by atoms with Crippen molar-refractivity contribution in [3.05, 3.63) is 29.3 Å². The molecule has 2 saturated carbocycles. The van der Waals surface area contributed by atoms with Crippen LogP contribution in [0.1, 0.15) is 55.7 Å². The van der Waals surface area contributed by atoms with Crippen LogP contribution in [0.4, 0.5) is 0 Å². The van der Waals surface area contributed by atoms with Gasteiger partial charge in [0.25, 0.3) is 0 Å². The Morgan fingerprint density at radius 3 is 2.90 bits per heavy atom. The zero-order chi connectivity index (χ0) is 13.5. The lowest BCUT2D eigenvalue weighted by atomic mass is 9.88. The summed E-state index contributed by atoms with van der Waals surface area (Å²) >= 11 is 0. The van der Waals surface area contributed by atoms with E-state index in [9.17, 15) is 0 Å². The fourth-order valence-electron chi connectivity index (χ4n) is 4.69. The number of ether oxygens (including phenoxy) is 1. The molecule has 2 nitrogen and oxygen atoms in total. The topological polar surface area (TPSA) is 35.2 Å². The third-order valence-electron chi connectivity index (χ3n) is 5.83. The molecule has 0 aliphatic heterocycles. The molecule has 4 rings (SSSR count). The molecule has 0 amide bonds.